The zero-order valence-corrected chi connectivity index (χ0v) is 12.1. The van der Waals surface area contributed by atoms with Gasteiger partial charge in [0.05, 0.1) is 6.54 Å². The van der Waals surface area contributed by atoms with E-state index >= 15 is 0 Å². The van der Waals surface area contributed by atoms with Gasteiger partial charge < -0.3 is 10.0 Å². The number of carboxylic acids is 1. The molecule has 0 heterocycles. The number of rotatable bonds is 8. The molecular weight excluding hydrogens is 240 g/mol. The van der Waals surface area contributed by atoms with Crippen LogP contribution < -0.4 is 4.90 Å². The van der Waals surface area contributed by atoms with Crippen molar-refractivity contribution < 1.29 is 9.90 Å². The second kappa shape index (κ2) is 7.79. The lowest BCUT2D eigenvalue weighted by Gasteiger charge is -2.21. The number of hydrogen-bond donors (Lipinski definition) is 1. The molecular formula is C15H24N2O2. The molecule has 0 spiro atoms. The summed E-state index contributed by atoms with van der Waals surface area (Å²) in [5.41, 5.74) is 2.33. The Morgan fingerprint density at radius 1 is 1.32 bits per heavy atom. The minimum atomic E-state index is -0.793. The first kappa shape index (κ1) is 15.5. The molecule has 0 aliphatic rings. The smallest absolute Gasteiger partial charge is 0.317 e. The van der Waals surface area contributed by atoms with Gasteiger partial charge >= 0.3 is 5.97 Å². The molecule has 4 heteroatoms. The van der Waals surface area contributed by atoms with E-state index in [-0.39, 0.29) is 6.54 Å². The number of hydrogen-bond acceptors (Lipinski definition) is 3. The predicted octanol–water partition coefficient (Wildman–Crippen LogP) is 2.44. The van der Waals surface area contributed by atoms with Crippen molar-refractivity contribution in [1.29, 1.82) is 0 Å². The number of benzene rings is 1. The fourth-order valence-corrected chi connectivity index (χ4v) is 2.02. The number of unbranched alkanes of at least 4 members (excludes halogenated alkanes) is 1. The first-order valence-corrected chi connectivity index (χ1v) is 6.73. The molecule has 19 heavy (non-hydrogen) atoms. The van der Waals surface area contributed by atoms with Gasteiger partial charge in [0.2, 0.25) is 0 Å². The Hall–Kier alpha value is -1.55. The molecule has 0 aliphatic carbocycles. The third-order valence-corrected chi connectivity index (χ3v) is 3.06. The lowest BCUT2D eigenvalue weighted by Crippen LogP contribution is -2.25. The van der Waals surface area contributed by atoms with Crippen molar-refractivity contribution in [2.45, 2.75) is 26.3 Å². The van der Waals surface area contributed by atoms with Crippen LogP contribution in [0.2, 0.25) is 0 Å². The Morgan fingerprint density at radius 3 is 2.68 bits per heavy atom. The summed E-state index contributed by atoms with van der Waals surface area (Å²) in [6.07, 6.45) is 2.37. The number of carbonyl (C=O) groups is 1. The SMILES string of the molecule is CCCCN(C)c1cccc(CN(C)CC(=O)O)c1. The molecule has 0 unspecified atom stereocenters. The normalized spacial score (nSPS) is 10.7. The first-order valence-electron chi connectivity index (χ1n) is 6.73. The Kier molecular flexibility index (Phi) is 6.36. The van der Waals surface area contributed by atoms with Crippen molar-refractivity contribution in [1.82, 2.24) is 4.90 Å². The van der Waals surface area contributed by atoms with Crippen LogP contribution in [-0.2, 0) is 11.3 Å². The molecule has 0 radical (unpaired) electrons. The summed E-state index contributed by atoms with van der Waals surface area (Å²) in [6.45, 7) is 3.95. The highest BCUT2D eigenvalue weighted by Gasteiger charge is 2.06. The summed E-state index contributed by atoms with van der Waals surface area (Å²) in [5, 5.41) is 8.75. The average Bonchev–Trinajstić information content (AvgIpc) is 2.35. The van der Waals surface area contributed by atoms with Crippen LogP contribution in [0.4, 0.5) is 5.69 Å². The largest absolute Gasteiger partial charge is 0.480 e. The van der Waals surface area contributed by atoms with Gasteiger partial charge in [-0.15, -0.1) is 0 Å². The van der Waals surface area contributed by atoms with Crippen molar-refractivity contribution in [3.63, 3.8) is 0 Å². The molecule has 0 saturated heterocycles. The van der Waals surface area contributed by atoms with Crippen LogP contribution >= 0.6 is 0 Å². The van der Waals surface area contributed by atoms with Crippen LogP contribution in [-0.4, -0.2) is 43.2 Å². The second-order valence-electron chi connectivity index (χ2n) is 5.01. The van der Waals surface area contributed by atoms with Crippen LogP contribution in [0.25, 0.3) is 0 Å². The van der Waals surface area contributed by atoms with Crippen LogP contribution in [0.3, 0.4) is 0 Å². The monoisotopic (exact) mass is 264 g/mol. The van der Waals surface area contributed by atoms with Gasteiger partial charge in [0, 0.05) is 25.8 Å². The highest BCUT2D eigenvalue weighted by atomic mass is 16.4. The fourth-order valence-electron chi connectivity index (χ4n) is 2.02. The summed E-state index contributed by atoms with van der Waals surface area (Å²) < 4.78 is 0. The van der Waals surface area contributed by atoms with Gasteiger partial charge in [-0.05, 0) is 31.2 Å². The summed E-state index contributed by atoms with van der Waals surface area (Å²) in [6, 6.07) is 8.29. The molecule has 0 aromatic heterocycles. The maximum Gasteiger partial charge on any atom is 0.317 e. The molecule has 0 atom stereocenters. The Balaban J connectivity index is 2.63. The van der Waals surface area contributed by atoms with E-state index in [0.29, 0.717) is 6.54 Å². The predicted molar refractivity (Wildman–Crippen MR) is 78.6 cm³/mol. The molecule has 0 bridgehead atoms. The Bertz CT molecular complexity index is 407. The minimum Gasteiger partial charge on any atom is -0.480 e. The lowest BCUT2D eigenvalue weighted by atomic mass is 10.1. The average molecular weight is 264 g/mol. The van der Waals surface area contributed by atoms with E-state index in [2.05, 4.69) is 31.0 Å². The van der Waals surface area contributed by atoms with Crippen molar-refractivity contribution in [3.05, 3.63) is 29.8 Å². The number of likely N-dealkylation sites (N-methyl/N-ethyl adjacent to an activating group) is 1. The number of aliphatic carboxylic acids is 1. The highest BCUT2D eigenvalue weighted by molar-refractivity contribution is 5.69. The molecule has 4 nitrogen and oxygen atoms in total. The van der Waals surface area contributed by atoms with Crippen molar-refractivity contribution >= 4 is 11.7 Å². The molecule has 0 saturated carbocycles. The molecule has 0 aliphatic heterocycles. The lowest BCUT2D eigenvalue weighted by molar-refractivity contribution is -0.138. The molecule has 1 aromatic carbocycles. The van der Waals surface area contributed by atoms with Crippen molar-refractivity contribution in [2.75, 3.05) is 32.1 Å². The minimum absolute atomic E-state index is 0.0654. The van der Waals surface area contributed by atoms with Crippen LogP contribution in [0.15, 0.2) is 24.3 Å². The molecule has 0 amide bonds. The van der Waals surface area contributed by atoms with E-state index in [0.717, 1.165) is 12.1 Å². The molecule has 1 rings (SSSR count). The Labute approximate surface area is 115 Å². The van der Waals surface area contributed by atoms with Gasteiger partial charge in [0.25, 0.3) is 0 Å². The van der Waals surface area contributed by atoms with E-state index in [4.69, 9.17) is 5.11 Å². The van der Waals surface area contributed by atoms with E-state index in [1.165, 1.54) is 18.5 Å². The quantitative estimate of drug-likeness (QED) is 0.783. The van der Waals surface area contributed by atoms with Gasteiger partial charge in [-0.2, -0.15) is 0 Å². The standard InChI is InChI=1S/C15H24N2O2/c1-4-5-9-17(3)14-8-6-7-13(10-14)11-16(2)12-15(18)19/h6-8,10H,4-5,9,11-12H2,1-3H3,(H,18,19). The molecule has 1 N–H and O–H groups in total. The maximum atomic E-state index is 10.6. The topological polar surface area (TPSA) is 43.8 Å². The number of carboxylic acid groups (broad SMARTS) is 1. The second-order valence-corrected chi connectivity index (χ2v) is 5.01. The first-order chi connectivity index (χ1) is 9.02. The fraction of sp³-hybridized carbons (Fsp3) is 0.533. The van der Waals surface area contributed by atoms with Gasteiger partial charge in [-0.25, -0.2) is 0 Å². The number of nitrogens with zero attached hydrogens (tertiary/aromatic N) is 2. The van der Waals surface area contributed by atoms with E-state index in [1.54, 1.807) is 4.90 Å². The van der Waals surface area contributed by atoms with E-state index in [1.807, 2.05) is 19.2 Å². The summed E-state index contributed by atoms with van der Waals surface area (Å²) in [4.78, 5) is 14.7. The maximum absolute atomic E-state index is 10.6. The van der Waals surface area contributed by atoms with Gasteiger partial charge in [0.1, 0.15) is 0 Å². The van der Waals surface area contributed by atoms with E-state index in [9.17, 15) is 4.79 Å². The van der Waals surface area contributed by atoms with Crippen molar-refractivity contribution in [3.8, 4) is 0 Å². The number of anilines is 1. The molecule has 106 valence electrons. The van der Waals surface area contributed by atoms with Crippen LogP contribution in [0.1, 0.15) is 25.3 Å². The summed E-state index contributed by atoms with van der Waals surface area (Å²) in [7, 11) is 3.91. The highest BCUT2D eigenvalue weighted by Crippen LogP contribution is 2.16. The molecule has 0 fully saturated rings. The summed E-state index contributed by atoms with van der Waals surface area (Å²) >= 11 is 0. The van der Waals surface area contributed by atoms with Crippen LogP contribution in [0, 0.1) is 0 Å². The Morgan fingerprint density at radius 2 is 2.05 bits per heavy atom. The van der Waals surface area contributed by atoms with E-state index < -0.39 is 5.97 Å². The van der Waals surface area contributed by atoms with Gasteiger partial charge in [0.15, 0.2) is 0 Å². The van der Waals surface area contributed by atoms with Crippen LogP contribution in [0.5, 0.6) is 0 Å². The third-order valence-electron chi connectivity index (χ3n) is 3.06. The third kappa shape index (κ3) is 5.75. The zero-order chi connectivity index (χ0) is 14.3. The van der Waals surface area contributed by atoms with Gasteiger partial charge in [-0.3, -0.25) is 9.69 Å². The zero-order valence-electron chi connectivity index (χ0n) is 12.1. The summed E-state index contributed by atoms with van der Waals surface area (Å²) in [5.74, 6) is -0.793. The van der Waals surface area contributed by atoms with Gasteiger partial charge in [-0.1, -0.05) is 25.5 Å². The van der Waals surface area contributed by atoms with Crippen molar-refractivity contribution in [2.24, 2.45) is 0 Å². The molecule has 1 aromatic rings.